The normalized spacial score (nSPS) is 10.9. The van der Waals surface area contributed by atoms with E-state index in [-0.39, 0.29) is 0 Å². The zero-order chi connectivity index (χ0) is 19.6. The minimum absolute atomic E-state index is 0.578. The molecule has 1 nitrogen and oxygen atoms in total. The van der Waals surface area contributed by atoms with Crippen molar-refractivity contribution in [2.45, 2.75) is 32.8 Å². The Kier molecular flexibility index (Phi) is 7.26. The summed E-state index contributed by atoms with van der Waals surface area (Å²) in [5.41, 5.74) is 6.18. The maximum atomic E-state index is 5.94. The van der Waals surface area contributed by atoms with Gasteiger partial charge in [-0.1, -0.05) is 85.8 Å². The van der Waals surface area contributed by atoms with E-state index in [1.165, 1.54) is 27.8 Å². The summed E-state index contributed by atoms with van der Waals surface area (Å²) in [5, 5.41) is 0. The van der Waals surface area contributed by atoms with Crippen LogP contribution in [0.4, 0.5) is 0 Å². The third-order valence-electron chi connectivity index (χ3n) is 4.71. The average Bonchev–Trinajstić information content (AvgIpc) is 2.76. The maximum Gasteiger partial charge on any atom is 0.119 e. The quantitative estimate of drug-likeness (QED) is 0.356. The van der Waals surface area contributed by atoms with Crippen LogP contribution in [0, 0.1) is 0 Å². The largest absolute Gasteiger partial charge is 0.489 e. The van der Waals surface area contributed by atoms with Gasteiger partial charge in [-0.3, -0.25) is 0 Å². The fourth-order valence-corrected chi connectivity index (χ4v) is 3.02. The number of aryl methyl sites for hydroxylation is 1. The number of allylic oxidation sites excluding steroid dienone is 2. The van der Waals surface area contributed by atoms with Gasteiger partial charge in [0.15, 0.2) is 0 Å². The smallest absolute Gasteiger partial charge is 0.119 e. The standard InChI is InChI=1S/C27H28O/c1-3-5-7-22-9-11-24(12-10-22)21-28-27-19-17-26(18-20-27)25-15-13-23(14-16-25)8-6-4-2/h4-5,7,9-20H,2-3,6,8,21H2,1H3/b7-5+. The summed E-state index contributed by atoms with van der Waals surface area (Å²) in [6, 6.07) is 25.6. The lowest BCUT2D eigenvalue weighted by Crippen LogP contribution is -1.95. The Morgan fingerprint density at radius 2 is 1.39 bits per heavy atom. The molecule has 0 saturated carbocycles. The van der Waals surface area contributed by atoms with Crippen LogP contribution >= 0.6 is 0 Å². The summed E-state index contributed by atoms with van der Waals surface area (Å²) in [4.78, 5) is 0. The lowest BCUT2D eigenvalue weighted by atomic mass is 10.0. The molecular weight excluding hydrogens is 340 g/mol. The first-order valence-electron chi connectivity index (χ1n) is 9.97. The maximum absolute atomic E-state index is 5.94. The zero-order valence-corrected chi connectivity index (χ0v) is 16.6. The molecule has 3 aromatic rings. The summed E-state index contributed by atoms with van der Waals surface area (Å²) in [5.74, 6) is 0.890. The number of rotatable bonds is 9. The highest BCUT2D eigenvalue weighted by atomic mass is 16.5. The fraction of sp³-hybridized carbons (Fsp3) is 0.185. The molecule has 0 atom stereocenters. The first kappa shape index (κ1) is 19.7. The van der Waals surface area contributed by atoms with Crippen molar-refractivity contribution in [3.63, 3.8) is 0 Å². The van der Waals surface area contributed by atoms with E-state index in [1.54, 1.807) is 0 Å². The molecule has 0 aliphatic rings. The Morgan fingerprint density at radius 3 is 2.00 bits per heavy atom. The van der Waals surface area contributed by atoms with Crippen molar-refractivity contribution in [3.8, 4) is 16.9 Å². The predicted molar refractivity (Wildman–Crippen MR) is 120 cm³/mol. The van der Waals surface area contributed by atoms with Gasteiger partial charge < -0.3 is 4.74 Å². The molecule has 0 saturated heterocycles. The minimum atomic E-state index is 0.578. The van der Waals surface area contributed by atoms with Gasteiger partial charge in [-0.05, 0) is 59.2 Å². The molecule has 1 heteroatoms. The number of hydrogen-bond donors (Lipinski definition) is 0. The average molecular weight is 369 g/mol. The monoisotopic (exact) mass is 368 g/mol. The molecule has 0 spiro atoms. The van der Waals surface area contributed by atoms with Crippen LogP contribution in [0.2, 0.25) is 0 Å². The Morgan fingerprint density at radius 1 is 0.786 bits per heavy atom. The number of ether oxygens (including phenoxy) is 1. The molecule has 3 aromatic carbocycles. The van der Waals surface area contributed by atoms with Crippen LogP contribution in [0.25, 0.3) is 17.2 Å². The second-order valence-electron chi connectivity index (χ2n) is 6.89. The molecule has 0 aromatic heterocycles. The van der Waals surface area contributed by atoms with E-state index in [1.807, 2.05) is 18.2 Å². The van der Waals surface area contributed by atoms with Gasteiger partial charge in [0.05, 0.1) is 0 Å². The van der Waals surface area contributed by atoms with Crippen LogP contribution in [0.1, 0.15) is 36.5 Å². The molecule has 0 unspecified atom stereocenters. The zero-order valence-electron chi connectivity index (χ0n) is 16.6. The second-order valence-corrected chi connectivity index (χ2v) is 6.89. The fourth-order valence-electron chi connectivity index (χ4n) is 3.02. The Hall–Kier alpha value is -3.06. The van der Waals surface area contributed by atoms with Crippen LogP contribution in [0.5, 0.6) is 5.75 Å². The van der Waals surface area contributed by atoms with E-state index < -0.39 is 0 Å². The summed E-state index contributed by atoms with van der Waals surface area (Å²) in [7, 11) is 0. The summed E-state index contributed by atoms with van der Waals surface area (Å²) in [6.07, 6.45) is 9.40. The molecule has 0 radical (unpaired) electrons. The molecule has 0 aliphatic carbocycles. The van der Waals surface area contributed by atoms with Gasteiger partial charge in [0.2, 0.25) is 0 Å². The molecule has 0 heterocycles. The third kappa shape index (κ3) is 5.72. The molecule has 0 bridgehead atoms. The van der Waals surface area contributed by atoms with Gasteiger partial charge in [0, 0.05) is 0 Å². The first-order valence-corrected chi connectivity index (χ1v) is 9.97. The van der Waals surface area contributed by atoms with Gasteiger partial charge >= 0.3 is 0 Å². The van der Waals surface area contributed by atoms with Crippen LogP contribution in [-0.2, 0) is 13.0 Å². The molecular formula is C27H28O. The summed E-state index contributed by atoms with van der Waals surface area (Å²) in [6.45, 7) is 6.50. The van der Waals surface area contributed by atoms with E-state index in [2.05, 4.69) is 86.3 Å². The van der Waals surface area contributed by atoms with E-state index in [9.17, 15) is 0 Å². The van der Waals surface area contributed by atoms with E-state index in [4.69, 9.17) is 4.74 Å². The topological polar surface area (TPSA) is 9.23 Å². The van der Waals surface area contributed by atoms with Gasteiger partial charge in [-0.25, -0.2) is 0 Å². The molecule has 0 amide bonds. The first-order chi connectivity index (χ1) is 13.8. The van der Waals surface area contributed by atoms with Crippen molar-refractivity contribution in [1.82, 2.24) is 0 Å². The molecule has 0 aliphatic heterocycles. The van der Waals surface area contributed by atoms with Crippen molar-refractivity contribution in [1.29, 1.82) is 0 Å². The van der Waals surface area contributed by atoms with Crippen LogP contribution in [-0.4, -0.2) is 0 Å². The number of hydrogen-bond acceptors (Lipinski definition) is 1. The van der Waals surface area contributed by atoms with Crippen LogP contribution in [0.3, 0.4) is 0 Å². The van der Waals surface area contributed by atoms with Gasteiger partial charge in [0.1, 0.15) is 12.4 Å². The lowest BCUT2D eigenvalue weighted by molar-refractivity contribution is 0.306. The Bertz CT molecular complexity index is 885. The van der Waals surface area contributed by atoms with Gasteiger partial charge in [-0.2, -0.15) is 0 Å². The SMILES string of the molecule is C=CCCc1ccc(-c2ccc(OCc3ccc(/C=C/CC)cc3)cc2)cc1. The highest BCUT2D eigenvalue weighted by molar-refractivity contribution is 5.64. The molecule has 142 valence electrons. The number of benzene rings is 3. The summed E-state index contributed by atoms with van der Waals surface area (Å²) < 4.78 is 5.94. The van der Waals surface area contributed by atoms with E-state index in [0.717, 1.165) is 25.0 Å². The van der Waals surface area contributed by atoms with Crippen LogP contribution < -0.4 is 4.74 Å². The second kappa shape index (κ2) is 10.3. The van der Waals surface area contributed by atoms with Crippen molar-refractivity contribution in [2.75, 3.05) is 0 Å². The lowest BCUT2D eigenvalue weighted by Gasteiger charge is -2.08. The van der Waals surface area contributed by atoms with Gasteiger partial charge in [-0.15, -0.1) is 6.58 Å². The van der Waals surface area contributed by atoms with Crippen molar-refractivity contribution in [2.24, 2.45) is 0 Å². The highest BCUT2D eigenvalue weighted by Crippen LogP contribution is 2.23. The summed E-state index contributed by atoms with van der Waals surface area (Å²) >= 11 is 0. The van der Waals surface area contributed by atoms with Crippen molar-refractivity contribution >= 4 is 6.08 Å². The molecule has 28 heavy (non-hydrogen) atoms. The van der Waals surface area contributed by atoms with Crippen LogP contribution in [0.15, 0.2) is 91.5 Å². The highest BCUT2D eigenvalue weighted by Gasteiger charge is 2.01. The molecule has 0 N–H and O–H groups in total. The molecule has 0 fully saturated rings. The molecule has 3 rings (SSSR count). The van der Waals surface area contributed by atoms with Crippen molar-refractivity contribution < 1.29 is 4.74 Å². The van der Waals surface area contributed by atoms with Gasteiger partial charge in [0.25, 0.3) is 0 Å². The van der Waals surface area contributed by atoms with E-state index in [0.29, 0.717) is 6.61 Å². The Balaban J connectivity index is 1.57. The van der Waals surface area contributed by atoms with E-state index >= 15 is 0 Å². The third-order valence-corrected chi connectivity index (χ3v) is 4.71. The van der Waals surface area contributed by atoms with Crippen molar-refractivity contribution in [3.05, 3.63) is 108 Å². The Labute approximate surface area is 169 Å². The predicted octanol–water partition coefficient (Wildman–Crippen LogP) is 7.47. The minimum Gasteiger partial charge on any atom is -0.489 e.